The molecule has 0 bridgehead atoms. The minimum absolute atomic E-state index is 0.125. The Labute approximate surface area is 151 Å². The monoisotopic (exact) mass is 360 g/mol. The van der Waals surface area contributed by atoms with Crippen molar-refractivity contribution < 1.29 is 23.5 Å². The van der Waals surface area contributed by atoms with E-state index in [1.165, 1.54) is 24.3 Å². The topological polar surface area (TPSA) is 76.7 Å². The minimum Gasteiger partial charge on any atom is -0.494 e. The molecule has 0 saturated carbocycles. The molecule has 0 saturated heterocycles. The highest BCUT2D eigenvalue weighted by molar-refractivity contribution is 5.94. The Morgan fingerprint density at radius 2 is 1.46 bits per heavy atom. The van der Waals surface area contributed by atoms with Crippen LogP contribution in [-0.4, -0.2) is 38.1 Å². The minimum atomic E-state index is -0.402. The van der Waals surface area contributed by atoms with Gasteiger partial charge in [0.05, 0.1) is 6.61 Å². The fourth-order valence-electron chi connectivity index (χ4n) is 2.08. The lowest BCUT2D eigenvalue weighted by Gasteiger charge is -2.09. The van der Waals surface area contributed by atoms with Gasteiger partial charge in [-0.2, -0.15) is 0 Å². The van der Waals surface area contributed by atoms with Gasteiger partial charge in [0.15, 0.2) is 6.61 Å². The Morgan fingerprint density at radius 1 is 0.885 bits per heavy atom. The van der Waals surface area contributed by atoms with E-state index < -0.39 is 5.82 Å². The fourth-order valence-corrected chi connectivity index (χ4v) is 2.08. The number of ether oxygens (including phenoxy) is 2. The molecular formula is C19H21FN2O4. The highest BCUT2D eigenvalue weighted by Crippen LogP contribution is 2.17. The molecule has 2 aromatic rings. The maximum atomic E-state index is 12.8. The summed E-state index contributed by atoms with van der Waals surface area (Å²) < 4.78 is 23.5. The average molecular weight is 360 g/mol. The van der Waals surface area contributed by atoms with Crippen LogP contribution in [0, 0.1) is 5.82 Å². The van der Waals surface area contributed by atoms with Crippen LogP contribution < -0.4 is 20.1 Å². The van der Waals surface area contributed by atoms with Crippen LogP contribution in [0.3, 0.4) is 0 Å². The molecule has 0 radical (unpaired) electrons. The number of hydrogen-bond donors (Lipinski definition) is 2. The Balaban J connectivity index is 1.62. The summed E-state index contributed by atoms with van der Waals surface area (Å²) in [5, 5.41) is 5.27. The van der Waals surface area contributed by atoms with E-state index in [0.29, 0.717) is 17.9 Å². The van der Waals surface area contributed by atoms with Gasteiger partial charge < -0.3 is 20.1 Å². The lowest BCUT2D eigenvalue weighted by molar-refractivity contribution is -0.123. The Bertz CT molecular complexity index is 717. The zero-order chi connectivity index (χ0) is 18.8. The van der Waals surface area contributed by atoms with Crippen LogP contribution in [0.25, 0.3) is 0 Å². The molecule has 2 rings (SSSR count). The molecule has 0 heterocycles. The second-order valence-corrected chi connectivity index (χ2v) is 5.31. The predicted molar refractivity (Wildman–Crippen MR) is 94.8 cm³/mol. The van der Waals surface area contributed by atoms with Crippen LogP contribution in [0.4, 0.5) is 4.39 Å². The number of amides is 2. The first-order valence-corrected chi connectivity index (χ1v) is 8.24. The largest absolute Gasteiger partial charge is 0.494 e. The van der Waals surface area contributed by atoms with Crippen LogP contribution in [0.15, 0.2) is 48.5 Å². The lowest BCUT2D eigenvalue weighted by Crippen LogP contribution is -2.36. The molecule has 6 nitrogen and oxygen atoms in total. The van der Waals surface area contributed by atoms with Crippen molar-refractivity contribution in [3.63, 3.8) is 0 Å². The first-order chi connectivity index (χ1) is 12.6. The SMILES string of the molecule is CCOc1ccc(OCC(=O)NCCNC(=O)c2ccc(F)cc2)cc1. The third-order valence-corrected chi connectivity index (χ3v) is 3.34. The summed E-state index contributed by atoms with van der Waals surface area (Å²) in [6, 6.07) is 12.2. The molecule has 26 heavy (non-hydrogen) atoms. The zero-order valence-corrected chi connectivity index (χ0v) is 14.5. The van der Waals surface area contributed by atoms with Crippen molar-refractivity contribution in [3.8, 4) is 11.5 Å². The number of carbonyl (C=O) groups excluding carboxylic acids is 2. The summed E-state index contributed by atoms with van der Waals surface area (Å²) in [6.07, 6.45) is 0. The van der Waals surface area contributed by atoms with Crippen LogP contribution >= 0.6 is 0 Å². The van der Waals surface area contributed by atoms with Gasteiger partial charge in [0.2, 0.25) is 0 Å². The second-order valence-electron chi connectivity index (χ2n) is 5.31. The lowest BCUT2D eigenvalue weighted by atomic mass is 10.2. The van der Waals surface area contributed by atoms with E-state index in [9.17, 15) is 14.0 Å². The van der Waals surface area contributed by atoms with Gasteiger partial charge in [-0.15, -0.1) is 0 Å². The molecule has 0 spiro atoms. The van der Waals surface area contributed by atoms with Gasteiger partial charge in [-0.05, 0) is 55.5 Å². The number of nitrogens with one attached hydrogen (secondary N) is 2. The highest BCUT2D eigenvalue weighted by atomic mass is 19.1. The summed E-state index contributed by atoms with van der Waals surface area (Å²) in [7, 11) is 0. The molecule has 138 valence electrons. The molecule has 0 unspecified atom stereocenters. The number of hydrogen-bond acceptors (Lipinski definition) is 4. The smallest absolute Gasteiger partial charge is 0.258 e. The quantitative estimate of drug-likeness (QED) is 0.672. The summed E-state index contributed by atoms with van der Waals surface area (Å²) >= 11 is 0. The predicted octanol–water partition coefficient (Wildman–Crippen LogP) is 2.15. The van der Waals surface area contributed by atoms with E-state index >= 15 is 0 Å². The average Bonchev–Trinajstić information content (AvgIpc) is 2.65. The van der Waals surface area contributed by atoms with Crippen LogP contribution in [0.1, 0.15) is 17.3 Å². The third-order valence-electron chi connectivity index (χ3n) is 3.34. The summed E-state index contributed by atoms with van der Waals surface area (Å²) in [5.41, 5.74) is 0.358. The zero-order valence-electron chi connectivity index (χ0n) is 14.5. The Kier molecular flexibility index (Phi) is 7.42. The fraction of sp³-hybridized carbons (Fsp3) is 0.263. The molecule has 2 aromatic carbocycles. The van der Waals surface area contributed by atoms with Crippen molar-refractivity contribution >= 4 is 11.8 Å². The van der Waals surface area contributed by atoms with Gasteiger partial charge in [-0.25, -0.2) is 4.39 Å². The van der Waals surface area contributed by atoms with E-state index in [0.717, 1.165) is 5.75 Å². The van der Waals surface area contributed by atoms with E-state index in [2.05, 4.69) is 10.6 Å². The van der Waals surface area contributed by atoms with E-state index in [-0.39, 0.29) is 31.5 Å². The molecule has 0 aromatic heterocycles. The van der Waals surface area contributed by atoms with Gasteiger partial charge in [0.1, 0.15) is 17.3 Å². The molecule has 0 atom stereocenters. The molecule has 2 amide bonds. The van der Waals surface area contributed by atoms with Crippen molar-refractivity contribution in [3.05, 3.63) is 59.9 Å². The molecule has 0 fully saturated rings. The first kappa shape index (κ1) is 19.2. The van der Waals surface area contributed by atoms with E-state index in [1.807, 2.05) is 6.92 Å². The van der Waals surface area contributed by atoms with Crippen LogP contribution in [0.2, 0.25) is 0 Å². The van der Waals surface area contributed by atoms with Crippen molar-refractivity contribution in [2.45, 2.75) is 6.92 Å². The van der Waals surface area contributed by atoms with Crippen LogP contribution in [-0.2, 0) is 4.79 Å². The van der Waals surface area contributed by atoms with E-state index in [4.69, 9.17) is 9.47 Å². The standard InChI is InChI=1S/C19H21FN2O4/c1-2-25-16-7-9-17(10-8-16)26-13-18(23)21-11-12-22-19(24)14-3-5-15(20)6-4-14/h3-10H,2,11-13H2,1H3,(H,21,23)(H,22,24). The van der Waals surface area contributed by atoms with E-state index in [1.54, 1.807) is 24.3 Å². The van der Waals surface area contributed by atoms with Gasteiger partial charge in [0.25, 0.3) is 11.8 Å². The van der Waals surface area contributed by atoms with Crippen molar-refractivity contribution in [2.24, 2.45) is 0 Å². The Morgan fingerprint density at radius 3 is 2.08 bits per heavy atom. The molecule has 7 heteroatoms. The van der Waals surface area contributed by atoms with Crippen molar-refractivity contribution in [1.29, 1.82) is 0 Å². The summed E-state index contributed by atoms with van der Waals surface area (Å²) in [5.74, 6) is 0.274. The number of carbonyl (C=O) groups is 2. The normalized spacial score (nSPS) is 10.1. The Hall–Kier alpha value is -3.09. The molecule has 2 N–H and O–H groups in total. The maximum absolute atomic E-state index is 12.8. The van der Waals surface area contributed by atoms with Crippen molar-refractivity contribution in [1.82, 2.24) is 10.6 Å². The van der Waals surface area contributed by atoms with Crippen molar-refractivity contribution in [2.75, 3.05) is 26.3 Å². The second kappa shape index (κ2) is 10.0. The number of rotatable bonds is 9. The maximum Gasteiger partial charge on any atom is 0.258 e. The van der Waals surface area contributed by atoms with Crippen LogP contribution in [0.5, 0.6) is 11.5 Å². The van der Waals surface area contributed by atoms with Gasteiger partial charge in [-0.1, -0.05) is 0 Å². The van der Waals surface area contributed by atoms with Gasteiger partial charge in [-0.3, -0.25) is 9.59 Å². The summed E-state index contributed by atoms with van der Waals surface area (Å²) in [4.78, 5) is 23.5. The molecule has 0 aliphatic heterocycles. The highest BCUT2D eigenvalue weighted by Gasteiger charge is 2.06. The molecule has 0 aliphatic rings. The first-order valence-electron chi connectivity index (χ1n) is 8.24. The molecule has 0 aliphatic carbocycles. The molecular weight excluding hydrogens is 339 g/mol. The number of halogens is 1. The van der Waals surface area contributed by atoms with Gasteiger partial charge >= 0.3 is 0 Å². The van der Waals surface area contributed by atoms with Gasteiger partial charge in [0, 0.05) is 18.7 Å². The third kappa shape index (κ3) is 6.43. The number of benzene rings is 2. The summed E-state index contributed by atoms with van der Waals surface area (Å²) in [6.45, 7) is 2.88.